The number of rotatable bonds is 7. The van der Waals surface area contributed by atoms with E-state index in [0.29, 0.717) is 4.47 Å². The average molecular weight is 342 g/mol. The molecule has 1 heterocycles. The SMILES string of the molecule is CCOCCCn1ccnc1Nc1ccc(F)cc1Br. The Hall–Kier alpha value is -1.40. The van der Waals surface area contributed by atoms with Gasteiger partial charge in [-0.1, -0.05) is 0 Å². The highest BCUT2D eigenvalue weighted by atomic mass is 79.9. The Balaban J connectivity index is 2.01. The van der Waals surface area contributed by atoms with Crippen LogP contribution in [0.1, 0.15) is 13.3 Å². The van der Waals surface area contributed by atoms with Crippen LogP contribution < -0.4 is 5.32 Å². The van der Waals surface area contributed by atoms with Gasteiger partial charge in [0.15, 0.2) is 0 Å². The van der Waals surface area contributed by atoms with Crippen molar-refractivity contribution >= 4 is 27.6 Å². The zero-order valence-electron chi connectivity index (χ0n) is 11.3. The predicted octanol–water partition coefficient (Wildman–Crippen LogP) is 3.95. The van der Waals surface area contributed by atoms with Crippen LogP contribution in [-0.2, 0) is 11.3 Å². The first-order valence-electron chi connectivity index (χ1n) is 6.51. The molecule has 0 fully saturated rings. The predicted molar refractivity (Wildman–Crippen MR) is 80.7 cm³/mol. The number of imidazole rings is 1. The summed E-state index contributed by atoms with van der Waals surface area (Å²) in [4.78, 5) is 4.27. The summed E-state index contributed by atoms with van der Waals surface area (Å²) in [5.74, 6) is 0.455. The quantitative estimate of drug-likeness (QED) is 0.775. The Kier molecular flexibility index (Phi) is 5.55. The Morgan fingerprint density at radius 2 is 2.30 bits per heavy atom. The number of nitrogens with zero attached hydrogens (tertiary/aromatic N) is 2. The number of aryl methyl sites for hydroxylation is 1. The normalized spacial score (nSPS) is 10.8. The molecule has 0 unspecified atom stereocenters. The summed E-state index contributed by atoms with van der Waals surface area (Å²) in [6, 6.07) is 4.51. The number of halogens is 2. The molecule has 0 aliphatic carbocycles. The van der Waals surface area contributed by atoms with Gasteiger partial charge < -0.3 is 14.6 Å². The van der Waals surface area contributed by atoms with Gasteiger partial charge in [0.25, 0.3) is 0 Å². The van der Waals surface area contributed by atoms with Crippen LogP contribution in [0.15, 0.2) is 35.1 Å². The lowest BCUT2D eigenvalue weighted by atomic mass is 10.3. The van der Waals surface area contributed by atoms with E-state index in [2.05, 4.69) is 26.2 Å². The number of nitrogens with one attached hydrogen (secondary N) is 1. The molecule has 0 spiro atoms. The summed E-state index contributed by atoms with van der Waals surface area (Å²) in [6.45, 7) is 4.27. The van der Waals surface area contributed by atoms with Crippen LogP contribution in [0.4, 0.5) is 16.0 Å². The van der Waals surface area contributed by atoms with Gasteiger partial charge in [-0.15, -0.1) is 0 Å². The molecular formula is C14H17BrFN3O. The van der Waals surface area contributed by atoms with Crippen molar-refractivity contribution in [2.24, 2.45) is 0 Å². The molecule has 4 nitrogen and oxygen atoms in total. The van der Waals surface area contributed by atoms with Gasteiger partial charge in [0.05, 0.1) is 5.69 Å². The van der Waals surface area contributed by atoms with Crippen molar-refractivity contribution < 1.29 is 9.13 Å². The maximum Gasteiger partial charge on any atom is 0.207 e. The molecule has 0 bridgehead atoms. The number of hydrogen-bond acceptors (Lipinski definition) is 3. The van der Waals surface area contributed by atoms with Gasteiger partial charge in [-0.25, -0.2) is 9.37 Å². The zero-order valence-corrected chi connectivity index (χ0v) is 12.9. The smallest absolute Gasteiger partial charge is 0.207 e. The molecule has 0 saturated heterocycles. The highest BCUT2D eigenvalue weighted by Gasteiger charge is 2.06. The van der Waals surface area contributed by atoms with E-state index in [9.17, 15) is 4.39 Å². The fourth-order valence-corrected chi connectivity index (χ4v) is 2.26. The molecule has 0 aliphatic rings. The minimum absolute atomic E-state index is 0.275. The molecule has 1 N–H and O–H groups in total. The summed E-state index contributed by atoms with van der Waals surface area (Å²) in [7, 11) is 0. The van der Waals surface area contributed by atoms with E-state index in [1.165, 1.54) is 12.1 Å². The van der Waals surface area contributed by atoms with Crippen LogP contribution >= 0.6 is 15.9 Å². The molecule has 0 amide bonds. The van der Waals surface area contributed by atoms with Crippen LogP contribution in [0.25, 0.3) is 0 Å². The molecule has 108 valence electrons. The second-order valence-electron chi connectivity index (χ2n) is 4.24. The third kappa shape index (κ3) is 4.05. The molecule has 0 atom stereocenters. The first kappa shape index (κ1) is 15.0. The minimum Gasteiger partial charge on any atom is -0.382 e. The lowest BCUT2D eigenvalue weighted by Crippen LogP contribution is -2.06. The third-order valence-corrected chi connectivity index (χ3v) is 3.44. The number of hydrogen-bond donors (Lipinski definition) is 1. The van der Waals surface area contributed by atoms with Crippen LogP contribution in [0.3, 0.4) is 0 Å². The van der Waals surface area contributed by atoms with Crippen molar-refractivity contribution in [3.8, 4) is 0 Å². The molecule has 0 radical (unpaired) electrons. The van der Waals surface area contributed by atoms with Gasteiger partial charge >= 0.3 is 0 Å². The number of aromatic nitrogens is 2. The molecule has 2 rings (SSSR count). The van der Waals surface area contributed by atoms with E-state index in [-0.39, 0.29) is 5.82 Å². The van der Waals surface area contributed by atoms with Crippen LogP contribution in [0.2, 0.25) is 0 Å². The first-order valence-corrected chi connectivity index (χ1v) is 7.31. The molecule has 2 aromatic rings. The van der Waals surface area contributed by atoms with Crippen molar-refractivity contribution in [3.63, 3.8) is 0 Å². The summed E-state index contributed by atoms with van der Waals surface area (Å²) in [6.07, 6.45) is 4.57. The second kappa shape index (κ2) is 7.40. The maximum atomic E-state index is 13.1. The van der Waals surface area contributed by atoms with Gasteiger partial charge in [0.1, 0.15) is 5.82 Å². The number of anilines is 2. The van der Waals surface area contributed by atoms with Gasteiger partial charge in [0.2, 0.25) is 5.95 Å². The Bertz CT molecular complexity index is 559. The highest BCUT2D eigenvalue weighted by molar-refractivity contribution is 9.10. The monoisotopic (exact) mass is 341 g/mol. The molecule has 1 aromatic carbocycles. The van der Waals surface area contributed by atoms with E-state index in [1.54, 1.807) is 12.3 Å². The van der Waals surface area contributed by atoms with E-state index in [1.807, 2.05) is 17.7 Å². The lowest BCUT2D eigenvalue weighted by Gasteiger charge is -2.11. The van der Waals surface area contributed by atoms with Crippen LogP contribution in [0, 0.1) is 5.82 Å². The largest absolute Gasteiger partial charge is 0.382 e. The van der Waals surface area contributed by atoms with Crippen molar-refractivity contribution in [2.75, 3.05) is 18.5 Å². The molecular weight excluding hydrogens is 325 g/mol. The van der Waals surface area contributed by atoms with Gasteiger partial charge in [0, 0.05) is 36.6 Å². The fraction of sp³-hybridized carbons (Fsp3) is 0.357. The summed E-state index contributed by atoms with van der Waals surface area (Å²) < 4.78 is 21.0. The van der Waals surface area contributed by atoms with E-state index >= 15 is 0 Å². The minimum atomic E-state index is -0.275. The zero-order chi connectivity index (χ0) is 14.4. The molecule has 20 heavy (non-hydrogen) atoms. The van der Waals surface area contributed by atoms with Gasteiger partial charge in [-0.3, -0.25) is 0 Å². The number of benzene rings is 1. The van der Waals surface area contributed by atoms with Crippen LogP contribution in [-0.4, -0.2) is 22.8 Å². The van der Waals surface area contributed by atoms with Crippen LogP contribution in [0.5, 0.6) is 0 Å². The summed E-state index contributed by atoms with van der Waals surface area (Å²) in [5, 5.41) is 3.19. The Labute approximate surface area is 126 Å². The fourth-order valence-electron chi connectivity index (χ4n) is 1.81. The summed E-state index contributed by atoms with van der Waals surface area (Å²) >= 11 is 3.33. The lowest BCUT2D eigenvalue weighted by molar-refractivity contribution is 0.142. The first-order chi connectivity index (χ1) is 9.70. The van der Waals surface area contributed by atoms with Gasteiger partial charge in [-0.2, -0.15) is 0 Å². The third-order valence-electron chi connectivity index (χ3n) is 2.78. The average Bonchev–Trinajstić information content (AvgIpc) is 2.85. The highest BCUT2D eigenvalue weighted by Crippen LogP contribution is 2.25. The molecule has 0 saturated carbocycles. The second-order valence-corrected chi connectivity index (χ2v) is 5.10. The number of ether oxygens (including phenoxy) is 1. The Morgan fingerprint density at radius 3 is 3.05 bits per heavy atom. The van der Waals surface area contributed by atoms with Crippen molar-refractivity contribution in [2.45, 2.75) is 19.9 Å². The molecule has 0 aliphatic heterocycles. The summed E-state index contributed by atoms with van der Waals surface area (Å²) in [5.41, 5.74) is 0.781. The molecule has 6 heteroatoms. The molecule has 1 aromatic heterocycles. The van der Waals surface area contributed by atoms with Gasteiger partial charge in [-0.05, 0) is 47.5 Å². The van der Waals surface area contributed by atoms with Crippen molar-refractivity contribution in [1.29, 1.82) is 0 Å². The topological polar surface area (TPSA) is 39.1 Å². The van der Waals surface area contributed by atoms with E-state index in [0.717, 1.165) is 37.8 Å². The van der Waals surface area contributed by atoms with Crippen molar-refractivity contribution in [3.05, 3.63) is 40.9 Å². The standard InChI is InChI=1S/C14H17BrFN3O/c1-2-20-9-3-7-19-8-6-17-14(19)18-13-5-4-11(16)10-12(13)15/h4-6,8,10H,2-3,7,9H2,1H3,(H,17,18). The maximum absolute atomic E-state index is 13.1. The van der Waals surface area contributed by atoms with Crippen molar-refractivity contribution in [1.82, 2.24) is 9.55 Å². The van der Waals surface area contributed by atoms with E-state index < -0.39 is 0 Å². The Morgan fingerprint density at radius 1 is 1.45 bits per heavy atom. The van der Waals surface area contributed by atoms with E-state index in [4.69, 9.17) is 4.74 Å².